The minimum atomic E-state index is -0.607. The first-order valence-corrected chi connectivity index (χ1v) is 7.74. The Bertz CT molecular complexity index is 647. The molecule has 0 unspecified atom stereocenters. The van der Waals surface area contributed by atoms with E-state index in [9.17, 15) is 9.59 Å². The normalized spacial score (nSPS) is 18.6. The number of urea groups is 1. The van der Waals surface area contributed by atoms with E-state index in [0.29, 0.717) is 11.3 Å². The van der Waals surface area contributed by atoms with Crippen LogP contribution in [0.4, 0.5) is 4.79 Å². The molecule has 1 heterocycles. The summed E-state index contributed by atoms with van der Waals surface area (Å²) in [6.45, 7) is 7.12. The fourth-order valence-electron chi connectivity index (χ4n) is 2.24. The summed E-state index contributed by atoms with van der Waals surface area (Å²) in [7, 11) is 0. The van der Waals surface area contributed by atoms with Gasteiger partial charge in [-0.05, 0) is 39.3 Å². The number of hydrogen-bond donors (Lipinski definition) is 2. The van der Waals surface area contributed by atoms with Gasteiger partial charge in [-0.3, -0.25) is 0 Å². The number of benzene rings is 1. The topological polar surface area (TPSA) is 67.4 Å². The Balaban J connectivity index is 2.46. The zero-order valence-corrected chi connectivity index (χ0v) is 14.6. The molecule has 1 aromatic rings. The Labute approximate surface area is 138 Å². The first-order valence-electron chi connectivity index (χ1n) is 6.95. The molecule has 22 heavy (non-hydrogen) atoms. The van der Waals surface area contributed by atoms with Gasteiger partial charge in [-0.1, -0.05) is 34.1 Å². The summed E-state index contributed by atoms with van der Waals surface area (Å²) >= 11 is 3.46. The standard InChI is InChI=1S/C16H19BrN2O3/c1-9-12(14(20)22-16(2,3)4)13(19-15(21)18-9)10-7-5-6-8-11(10)17/h5-8,13H,1-4H3,(H2,18,19,21)/t13-/m0/s1. The van der Waals surface area contributed by atoms with Crippen LogP contribution < -0.4 is 10.6 Å². The van der Waals surface area contributed by atoms with Crippen molar-refractivity contribution in [3.05, 3.63) is 45.6 Å². The maximum Gasteiger partial charge on any atom is 0.338 e. The molecule has 0 fully saturated rings. The lowest BCUT2D eigenvalue weighted by Gasteiger charge is -2.30. The summed E-state index contributed by atoms with van der Waals surface area (Å²) in [5, 5.41) is 5.41. The predicted octanol–water partition coefficient (Wildman–Crippen LogP) is 3.42. The molecular weight excluding hydrogens is 348 g/mol. The van der Waals surface area contributed by atoms with Crippen LogP contribution in [0.5, 0.6) is 0 Å². The zero-order valence-electron chi connectivity index (χ0n) is 13.0. The summed E-state index contributed by atoms with van der Waals surface area (Å²) in [5.41, 5.74) is 1.10. The molecule has 5 nitrogen and oxygen atoms in total. The van der Waals surface area contributed by atoms with Crippen molar-refractivity contribution >= 4 is 27.9 Å². The van der Waals surface area contributed by atoms with E-state index in [2.05, 4.69) is 26.6 Å². The monoisotopic (exact) mass is 366 g/mol. The minimum absolute atomic E-state index is 0.342. The van der Waals surface area contributed by atoms with E-state index in [1.807, 2.05) is 45.0 Å². The van der Waals surface area contributed by atoms with Gasteiger partial charge in [0.25, 0.3) is 0 Å². The van der Waals surface area contributed by atoms with Crippen molar-refractivity contribution in [2.24, 2.45) is 0 Å². The highest BCUT2D eigenvalue weighted by molar-refractivity contribution is 9.10. The first-order chi connectivity index (χ1) is 10.2. The molecule has 0 saturated carbocycles. The third kappa shape index (κ3) is 3.68. The predicted molar refractivity (Wildman–Crippen MR) is 87.1 cm³/mol. The van der Waals surface area contributed by atoms with Crippen LogP contribution in [-0.2, 0) is 9.53 Å². The second kappa shape index (κ2) is 6.12. The van der Waals surface area contributed by atoms with Gasteiger partial charge in [-0.15, -0.1) is 0 Å². The molecule has 2 N–H and O–H groups in total. The van der Waals surface area contributed by atoms with E-state index in [1.165, 1.54) is 0 Å². The van der Waals surface area contributed by atoms with Crippen molar-refractivity contribution in [3.8, 4) is 0 Å². The number of nitrogens with one attached hydrogen (secondary N) is 2. The highest BCUT2D eigenvalue weighted by Crippen LogP contribution is 2.32. The number of esters is 1. The molecule has 1 aliphatic heterocycles. The first kappa shape index (κ1) is 16.5. The number of ether oxygens (including phenoxy) is 1. The van der Waals surface area contributed by atoms with Crippen LogP contribution in [-0.4, -0.2) is 17.6 Å². The third-order valence-electron chi connectivity index (χ3n) is 3.10. The van der Waals surface area contributed by atoms with Crippen LogP contribution >= 0.6 is 15.9 Å². The molecule has 0 aromatic heterocycles. The number of allylic oxidation sites excluding steroid dienone is 1. The van der Waals surface area contributed by atoms with Gasteiger partial charge in [0, 0.05) is 10.2 Å². The van der Waals surface area contributed by atoms with Gasteiger partial charge in [0.1, 0.15) is 5.60 Å². The van der Waals surface area contributed by atoms with Crippen molar-refractivity contribution < 1.29 is 14.3 Å². The second-order valence-electron chi connectivity index (χ2n) is 6.09. The van der Waals surface area contributed by atoms with Gasteiger partial charge in [0.05, 0.1) is 11.6 Å². The van der Waals surface area contributed by atoms with Crippen molar-refractivity contribution in [3.63, 3.8) is 0 Å². The molecule has 118 valence electrons. The molecule has 1 aliphatic rings. The molecule has 1 aromatic carbocycles. The van der Waals surface area contributed by atoms with E-state index in [0.717, 1.165) is 10.0 Å². The molecule has 6 heteroatoms. The summed E-state index contributed by atoms with van der Waals surface area (Å²) in [6, 6.07) is 6.56. The molecule has 0 bridgehead atoms. The van der Waals surface area contributed by atoms with Gasteiger partial charge in [-0.2, -0.15) is 0 Å². The summed E-state index contributed by atoms with van der Waals surface area (Å²) in [6.07, 6.45) is 0. The lowest BCUT2D eigenvalue weighted by Crippen LogP contribution is -2.46. The number of carbonyl (C=O) groups excluding carboxylic acids is 2. The van der Waals surface area contributed by atoms with Crippen molar-refractivity contribution in [2.75, 3.05) is 0 Å². The zero-order chi connectivity index (χ0) is 16.5. The van der Waals surface area contributed by atoms with Crippen molar-refractivity contribution in [2.45, 2.75) is 39.3 Å². The molecule has 0 spiro atoms. The number of halogens is 1. The number of carbonyl (C=O) groups is 2. The Morgan fingerprint density at radius 1 is 1.27 bits per heavy atom. The smallest absolute Gasteiger partial charge is 0.338 e. The summed E-state index contributed by atoms with van der Waals surface area (Å²) in [5.74, 6) is -0.446. The average Bonchev–Trinajstić information content (AvgIpc) is 2.35. The van der Waals surface area contributed by atoms with E-state index in [1.54, 1.807) is 6.92 Å². The molecule has 0 radical (unpaired) electrons. The second-order valence-corrected chi connectivity index (χ2v) is 6.95. The maximum absolute atomic E-state index is 12.5. The third-order valence-corrected chi connectivity index (χ3v) is 3.83. The van der Waals surface area contributed by atoms with Gasteiger partial charge >= 0.3 is 12.0 Å². The number of hydrogen-bond acceptors (Lipinski definition) is 3. The number of amides is 2. The lowest BCUT2D eigenvalue weighted by atomic mass is 9.95. The van der Waals surface area contributed by atoms with Crippen LogP contribution in [0.25, 0.3) is 0 Å². The molecular formula is C16H19BrN2O3. The van der Waals surface area contributed by atoms with Crippen LogP contribution in [0.2, 0.25) is 0 Å². The van der Waals surface area contributed by atoms with Crippen molar-refractivity contribution in [1.82, 2.24) is 10.6 Å². The maximum atomic E-state index is 12.5. The average molecular weight is 367 g/mol. The van der Waals surface area contributed by atoms with Crippen molar-refractivity contribution in [1.29, 1.82) is 0 Å². The van der Waals surface area contributed by atoms with Gasteiger partial charge in [0.2, 0.25) is 0 Å². The van der Waals surface area contributed by atoms with Gasteiger partial charge < -0.3 is 15.4 Å². The largest absolute Gasteiger partial charge is 0.456 e. The fourth-order valence-corrected chi connectivity index (χ4v) is 2.75. The quantitative estimate of drug-likeness (QED) is 0.788. The number of rotatable bonds is 2. The minimum Gasteiger partial charge on any atom is -0.456 e. The Hall–Kier alpha value is -1.82. The Kier molecular flexibility index (Phi) is 4.60. The lowest BCUT2D eigenvalue weighted by molar-refractivity contribution is -0.150. The van der Waals surface area contributed by atoms with Crippen LogP contribution in [0, 0.1) is 0 Å². The Morgan fingerprint density at radius 2 is 1.91 bits per heavy atom. The van der Waals surface area contributed by atoms with Crippen LogP contribution in [0.1, 0.15) is 39.3 Å². The fraction of sp³-hybridized carbons (Fsp3) is 0.375. The summed E-state index contributed by atoms with van der Waals surface area (Å²) in [4.78, 5) is 24.3. The van der Waals surface area contributed by atoms with E-state index < -0.39 is 17.6 Å². The SMILES string of the molecule is CC1=C(C(=O)OC(C)(C)C)[C@H](c2ccccc2Br)NC(=O)N1. The molecule has 2 rings (SSSR count). The summed E-state index contributed by atoms with van der Waals surface area (Å²) < 4.78 is 6.29. The van der Waals surface area contributed by atoms with E-state index in [-0.39, 0.29) is 6.03 Å². The highest BCUT2D eigenvalue weighted by atomic mass is 79.9. The van der Waals surface area contributed by atoms with E-state index >= 15 is 0 Å². The van der Waals surface area contributed by atoms with Crippen LogP contribution in [0.15, 0.2) is 40.0 Å². The highest BCUT2D eigenvalue weighted by Gasteiger charge is 2.34. The molecule has 0 aliphatic carbocycles. The molecule has 1 atom stereocenters. The van der Waals surface area contributed by atoms with Crippen LogP contribution in [0.3, 0.4) is 0 Å². The Morgan fingerprint density at radius 3 is 2.50 bits per heavy atom. The van der Waals surface area contributed by atoms with E-state index in [4.69, 9.17) is 4.74 Å². The van der Waals surface area contributed by atoms with Gasteiger partial charge in [0.15, 0.2) is 0 Å². The molecule has 0 saturated heterocycles. The molecule has 2 amide bonds. The van der Waals surface area contributed by atoms with Gasteiger partial charge in [-0.25, -0.2) is 9.59 Å².